The highest BCUT2D eigenvalue weighted by Gasteiger charge is 2.50. The van der Waals surface area contributed by atoms with Crippen molar-refractivity contribution in [1.29, 1.82) is 0 Å². The highest BCUT2D eigenvalue weighted by atomic mass is 16.5. The summed E-state index contributed by atoms with van der Waals surface area (Å²) in [5, 5.41) is 12.5. The Bertz CT molecular complexity index is 1070. The predicted molar refractivity (Wildman–Crippen MR) is 130 cm³/mol. The minimum Gasteiger partial charge on any atom is -0.480 e. The van der Waals surface area contributed by atoms with Crippen molar-refractivity contribution in [2.45, 2.75) is 56.7 Å². The van der Waals surface area contributed by atoms with Crippen molar-refractivity contribution in [2.24, 2.45) is 0 Å². The quantitative estimate of drug-likeness (QED) is 0.596. The van der Waals surface area contributed by atoms with E-state index in [0.717, 1.165) is 22.3 Å². The van der Waals surface area contributed by atoms with Crippen LogP contribution >= 0.6 is 0 Å². The van der Waals surface area contributed by atoms with E-state index in [2.05, 4.69) is 29.6 Å². The van der Waals surface area contributed by atoms with Gasteiger partial charge in [-0.3, -0.25) is 4.79 Å². The molecule has 1 saturated heterocycles. The van der Waals surface area contributed by atoms with Gasteiger partial charge < -0.3 is 24.8 Å². The van der Waals surface area contributed by atoms with Gasteiger partial charge in [-0.1, -0.05) is 55.5 Å². The predicted octanol–water partition coefficient (Wildman–Crippen LogP) is 3.78. The second-order valence-electron chi connectivity index (χ2n) is 9.42. The van der Waals surface area contributed by atoms with Crippen LogP contribution in [0.5, 0.6) is 0 Å². The Kier molecular flexibility index (Phi) is 7.12. The van der Waals surface area contributed by atoms with E-state index in [1.54, 1.807) is 0 Å². The molecule has 2 unspecified atom stereocenters. The van der Waals surface area contributed by atoms with E-state index in [0.29, 0.717) is 6.42 Å². The number of nitrogens with zero attached hydrogens (tertiary/aromatic N) is 1. The molecule has 0 bridgehead atoms. The van der Waals surface area contributed by atoms with Crippen LogP contribution in [-0.2, 0) is 19.1 Å². The number of carbonyl (C=O) groups is 3. The summed E-state index contributed by atoms with van der Waals surface area (Å²) >= 11 is 0. The molecule has 2 aromatic carbocycles. The third-order valence-corrected chi connectivity index (χ3v) is 7.28. The van der Waals surface area contributed by atoms with Gasteiger partial charge in [0.2, 0.25) is 5.91 Å². The van der Waals surface area contributed by atoms with Crippen LogP contribution in [0.4, 0.5) is 4.79 Å². The van der Waals surface area contributed by atoms with E-state index >= 15 is 0 Å². The molecule has 1 aliphatic carbocycles. The molecule has 0 spiro atoms. The molecule has 2 amide bonds. The largest absolute Gasteiger partial charge is 0.480 e. The van der Waals surface area contributed by atoms with E-state index in [1.165, 1.54) is 18.9 Å². The first-order chi connectivity index (χ1) is 16.8. The standard InChI is InChI=1S/C27H32N2O6/c1-4-17(13-24(30)29-15-18(34-3)14-27(29,2)25(31)32)28-26(33)35-16-23-21-11-7-5-9-19(21)20-10-6-8-12-22(20)23/h5-12,17-18,23H,4,13-16H2,1-3H3,(H,28,33)(H,31,32)/t17-,18?,27?/m1/s1. The SMILES string of the molecule is CC[C@H](CC(=O)N1CC(OC)CC1(C)C(=O)O)NC(=O)OCC1c2ccccc2-c2ccccc21. The van der Waals surface area contributed by atoms with Crippen LogP contribution in [0.25, 0.3) is 11.1 Å². The van der Waals surface area contributed by atoms with E-state index in [-0.39, 0.29) is 43.9 Å². The molecule has 8 nitrogen and oxygen atoms in total. The first-order valence-corrected chi connectivity index (χ1v) is 12.0. The zero-order valence-corrected chi connectivity index (χ0v) is 20.3. The van der Waals surface area contributed by atoms with Crippen molar-refractivity contribution in [3.8, 4) is 11.1 Å². The van der Waals surface area contributed by atoms with Gasteiger partial charge in [-0.15, -0.1) is 0 Å². The average Bonchev–Trinajstić information content (AvgIpc) is 3.38. The third-order valence-electron chi connectivity index (χ3n) is 7.28. The average molecular weight is 481 g/mol. The van der Waals surface area contributed by atoms with Gasteiger partial charge in [0.05, 0.1) is 6.10 Å². The molecule has 3 atom stereocenters. The number of hydrogen-bond acceptors (Lipinski definition) is 5. The van der Waals surface area contributed by atoms with Gasteiger partial charge in [0.15, 0.2) is 0 Å². The number of aliphatic carboxylic acids is 1. The number of alkyl carbamates (subject to hydrolysis) is 1. The van der Waals surface area contributed by atoms with Crippen molar-refractivity contribution in [1.82, 2.24) is 10.2 Å². The molecular formula is C27H32N2O6. The van der Waals surface area contributed by atoms with Crippen molar-refractivity contribution in [3.05, 3.63) is 59.7 Å². The van der Waals surface area contributed by atoms with E-state index < -0.39 is 23.6 Å². The number of hydrogen-bond donors (Lipinski definition) is 2. The monoisotopic (exact) mass is 480 g/mol. The summed E-state index contributed by atoms with van der Waals surface area (Å²) < 4.78 is 10.9. The van der Waals surface area contributed by atoms with Gasteiger partial charge >= 0.3 is 12.1 Å². The van der Waals surface area contributed by atoms with Crippen LogP contribution in [0.1, 0.15) is 50.2 Å². The number of carboxylic acids is 1. The highest BCUT2D eigenvalue weighted by molar-refractivity contribution is 5.88. The molecule has 1 aliphatic heterocycles. The summed E-state index contributed by atoms with van der Waals surface area (Å²) in [6, 6.07) is 15.7. The maximum Gasteiger partial charge on any atom is 0.407 e. The molecule has 2 aliphatic rings. The van der Waals surface area contributed by atoms with Gasteiger partial charge in [0.1, 0.15) is 12.1 Å². The zero-order valence-electron chi connectivity index (χ0n) is 20.3. The molecule has 2 N–H and O–H groups in total. The van der Waals surface area contributed by atoms with E-state index in [4.69, 9.17) is 9.47 Å². The lowest BCUT2D eigenvalue weighted by atomic mass is 9.97. The summed E-state index contributed by atoms with van der Waals surface area (Å²) in [6.07, 6.45) is -0.221. The number of rotatable bonds is 8. The number of carbonyl (C=O) groups excluding carboxylic acids is 2. The van der Waals surface area contributed by atoms with Crippen LogP contribution in [0.2, 0.25) is 0 Å². The summed E-state index contributed by atoms with van der Waals surface area (Å²) in [4.78, 5) is 38.9. The fourth-order valence-corrected chi connectivity index (χ4v) is 5.19. The molecule has 0 saturated carbocycles. The highest BCUT2D eigenvalue weighted by Crippen LogP contribution is 2.44. The number of methoxy groups -OCH3 is 1. The number of amides is 2. The Balaban J connectivity index is 1.37. The minimum atomic E-state index is -1.33. The van der Waals surface area contributed by atoms with E-state index in [1.807, 2.05) is 31.2 Å². The molecule has 35 heavy (non-hydrogen) atoms. The third kappa shape index (κ3) is 4.75. The van der Waals surface area contributed by atoms with Gasteiger partial charge in [-0.2, -0.15) is 0 Å². The van der Waals surface area contributed by atoms with Crippen molar-refractivity contribution in [2.75, 3.05) is 20.3 Å². The molecule has 1 heterocycles. The van der Waals surface area contributed by atoms with Crippen molar-refractivity contribution >= 4 is 18.0 Å². The first kappa shape index (κ1) is 24.7. The second-order valence-corrected chi connectivity index (χ2v) is 9.42. The Labute approximate surface area is 205 Å². The lowest BCUT2D eigenvalue weighted by molar-refractivity contribution is -0.155. The number of carboxylic acid groups (broad SMARTS) is 1. The fraction of sp³-hybridized carbons (Fsp3) is 0.444. The number of nitrogens with one attached hydrogen (secondary N) is 1. The summed E-state index contributed by atoms with van der Waals surface area (Å²) in [7, 11) is 1.51. The molecule has 1 fully saturated rings. The van der Waals surface area contributed by atoms with Gasteiger partial charge in [0, 0.05) is 38.5 Å². The number of ether oxygens (including phenoxy) is 2. The van der Waals surface area contributed by atoms with Crippen LogP contribution in [0, 0.1) is 0 Å². The molecular weight excluding hydrogens is 448 g/mol. The normalized spacial score (nSPS) is 21.8. The van der Waals surface area contributed by atoms with Crippen molar-refractivity contribution < 1.29 is 29.0 Å². The van der Waals surface area contributed by atoms with Gasteiger partial charge in [0.25, 0.3) is 0 Å². The zero-order chi connectivity index (χ0) is 25.2. The number of likely N-dealkylation sites (tertiary alicyclic amines) is 1. The van der Waals surface area contributed by atoms with Crippen LogP contribution in [0.15, 0.2) is 48.5 Å². The van der Waals surface area contributed by atoms with Gasteiger partial charge in [-0.05, 0) is 35.6 Å². The van der Waals surface area contributed by atoms with Gasteiger partial charge in [-0.25, -0.2) is 9.59 Å². The molecule has 4 rings (SSSR count). The second kappa shape index (κ2) is 10.1. The summed E-state index contributed by atoms with van der Waals surface area (Å²) in [5.41, 5.74) is 3.21. The van der Waals surface area contributed by atoms with Crippen molar-refractivity contribution in [3.63, 3.8) is 0 Å². The first-order valence-electron chi connectivity index (χ1n) is 12.0. The fourth-order valence-electron chi connectivity index (χ4n) is 5.19. The Hall–Kier alpha value is -3.39. The lowest BCUT2D eigenvalue weighted by Crippen LogP contribution is -2.52. The van der Waals surface area contributed by atoms with Crippen LogP contribution in [0.3, 0.4) is 0 Å². The van der Waals surface area contributed by atoms with Crippen LogP contribution in [-0.4, -0.2) is 65.9 Å². The minimum absolute atomic E-state index is 0.0139. The maximum atomic E-state index is 13.0. The number of fused-ring (bicyclic) bond motifs is 3. The topological polar surface area (TPSA) is 105 Å². The summed E-state index contributed by atoms with van der Waals surface area (Å²) in [6.45, 7) is 3.79. The smallest absolute Gasteiger partial charge is 0.407 e. The molecule has 0 radical (unpaired) electrons. The Morgan fingerprint density at radius 2 is 1.71 bits per heavy atom. The van der Waals surface area contributed by atoms with E-state index in [9.17, 15) is 19.5 Å². The molecule has 8 heteroatoms. The van der Waals surface area contributed by atoms with Crippen LogP contribution < -0.4 is 5.32 Å². The molecule has 2 aromatic rings. The maximum absolute atomic E-state index is 13.0. The lowest BCUT2D eigenvalue weighted by Gasteiger charge is -2.32. The Morgan fingerprint density at radius 3 is 2.26 bits per heavy atom. The molecule has 186 valence electrons. The Morgan fingerprint density at radius 1 is 1.11 bits per heavy atom. The molecule has 0 aromatic heterocycles. The number of benzene rings is 2. The summed E-state index contributed by atoms with van der Waals surface area (Å²) in [5.74, 6) is -1.45.